The van der Waals surface area contributed by atoms with Gasteiger partial charge in [-0.1, -0.05) is 131 Å². The minimum absolute atomic E-state index is 0.0647. The summed E-state index contributed by atoms with van der Waals surface area (Å²) >= 11 is 0. The highest BCUT2D eigenvalue weighted by atomic mass is 19.4. The number of rotatable bonds is 7. The Balaban J connectivity index is 1.29. The third-order valence-electron chi connectivity index (χ3n) is 17.0. The molecule has 81 heavy (non-hydrogen) atoms. The van der Waals surface area contributed by atoms with Crippen LogP contribution in [0.2, 0.25) is 0 Å². The number of alkyl halides is 3. The van der Waals surface area contributed by atoms with Gasteiger partial charge in [-0.25, -0.2) is 0 Å². The normalized spacial score (nSPS) is 11.9. The minimum atomic E-state index is -4.69. The molecule has 0 bridgehead atoms. The van der Waals surface area contributed by atoms with Crippen molar-refractivity contribution in [2.45, 2.75) is 96.2 Å². The summed E-state index contributed by atoms with van der Waals surface area (Å²) in [7, 11) is 0. The van der Waals surface area contributed by atoms with Gasteiger partial charge in [0, 0.05) is 21.5 Å². The fraction of sp³-hybridized carbons (Fsp3) is 0.187. The molecule has 0 aliphatic carbocycles. The summed E-state index contributed by atoms with van der Waals surface area (Å²) in [5, 5.41) is 16.1. The molecule has 0 atom stereocenters. The highest BCUT2D eigenvalue weighted by Gasteiger charge is 2.35. The number of hydrogen-bond acceptors (Lipinski definition) is 1. The van der Waals surface area contributed by atoms with Crippen LogP contribution in [0.25, 0.3) is 111 Å². The first kappa shape index (κ1) is 52.8. The van der Waals surface area contributed by atoms with E-state index in [1.807, 2.05) is 12.1 Å². The third kappa shape index (κ3) is 8.73. The quantitative estimate of drug-likeness (QED) is 0.157. The lowest BCUT2D eigenvalue weighted by Gasteiger charge is -2.22. The van der Waals surface area contributed by atoms with Crippen LogP contribution in [0.3, 0.4) is 0 Å². The van der Waals surface area contributed by atoms with Gasteiger partial charge in [0.25, 0.3) is 0 Å². The molecule has 2 heterocycles. The number of halogens is 3. The van der Waals surface area contributed by atoms with Crippen molar-refractivity contribution in [3.8, 4) is 73.1 Å². The first-order chi connectivity index (χ1) is 38.6. The van der Waals surface area contributed by atoms with Crippen LogP contribution in [0.5, 0.6) is 0 Å². The van der Waals surface area contributed by atoms with Crippen molar-refractivity contribution in [3.05, 3.63) is 235 Å². The Morgan fingerprint density at radius 1 is 0.321 bits per heavy atom. The molecule has 0 saturated carbocycles. The zero-order valence-corrected chi connectivity index (χ0v) is 48.4. The van der Waals surface area contributed by atoms with E-state index in [0.29, 0.717) is 28.1 Å². The van der Waals surface area contributed by atoms with Gasteiger partial charge in [-0.15, -0.1) is 0 Å². The van der Waals surface area contributed by atoms with Crippen LogP contribution in [0.4, 0.5) is 13.2 Å². The SMILES string of the molecule is Cc1cc(C)c(-c2ccc3c4ccc(-c5c(C)cc(C)cc5C)cc4n(-c4cc(-c5c(C)cccc5C(F)(F)F)cc(-n5c6cc(-c7c(C)cc(C)cc7C)ccc6c6ccc(-c7c(C)cc(C)cc7C)cc65)c4C#N)c3c2)c(C)c1. The number of nitriles is 1. The topological polar surface area (TPSA) is 33.6 Å². The molecule has 3 nitrogen and oxygen atoms in total. The summed E-state index contributed by atoms with van der Waals surface area (Å²) < 4.78 is 51.6. The predicted molar refractivity (Wildman–Crippen MR) is 334 cm³/mol. The maximum Gasteiger partial charge on any atom is 0.417 e. The van der Waals surface area contributed by atoms with Crippen LogP contribution in [-0.4, -0.2) is 9.13 Å². The van der Waals surface area contributed by atoms with Crippen LogP contribution in [0, 0.1) is 101 Å². The second kappa shape index (κ2) is 19.4. The standard InChI is InChI=1S/C75H64F3N3/c1-40-25-45(6)70(46(7)26-40)53-17-21-58-59-22-18-54(71-47(8)27-41(2)28-48(71)9)34-65(59)80(64(58)33-53)68-37-57(74-44(5)15-14-16-63(74)75(76,77)78)38-69(62(68)39-79)81-66-35-55(72-49(10)29-42(3)30-50(72)11)19-23-60(66)61-24-20-56(36-67(61)81)73-51(12)31-43(4)32-52(73)13/h14-38H,1-13H3. The first-order valence-corrected chi connectivity index (χ1v) is 27.9. The molecule has 6 heteroatoms. The molecule has 0 radical (unpaired) electrons. The molecule has 0 spiro atoms. The predicted octanol–water partition coefficient (Wildman–Crippen LogP) is 21.1. The lowest BCUT2D eigenvalue weighted by atomic mass is 9.92. The lowest BCUT2D eigenvalue weighted by Crippen LogP contribution is -2.10. The van der Waals surface area contributed by atoms with Crippen LogP contribution < -0.4 is 0 Å². The fourth-order valence-electron chi connectivity index (χ4n) is 14.2. The Morgan fingerprint density at radius 2 is 0.605 bits per heavy atom. The van der Waals surface area contributed by atoms with Crippen LogP contribution in [0.15, 0.2) is 152 Å². The fourth-order valence-corrected chi connectivity index (χ4v) is 14.2. The van der Waals surface area contributed by atoms with Gasteiger partial charge >= 0.3 is 6.18 Å². The summed E-state index contributed by atoms with van der Waals surface area (Å²) in [6.07, 6.45) is -4.69. The molecule has 0 aliphatic heterocycles. The van der Waals surface area contributed by atoms with Crippen LogP contribution >= 0.6 is 0 Å². The van der Waals surface area contributed by atoms with E-state index < -0.39 is 11.7 Å². The Labute approximate surface area is 473 Å². The van der Waals surface area contributed by atoms with Crippen LogP contribution in [0.1, 0.15) is 83.5 Å². The molecule has 0 fully saturated rings. The van der Waals surface area contributed by atoms with Gasteiger partial charge in [0.1, 0.15) is 11.6 Å². The summed E-state index contributed by atoms with van der Waals surface area (Å²) in [6, 6.07) is 54.7. The number of aromatic nitrogens is 2. The molecular formula is C75H64F3N3. The Bertz CT molecular complexity index is 4140. The van der Waals surface area contributed by atoms with Gasteiger partial charge < -0.3 is 9.13 Å². The molecule has 2 aromatic heterocycles. The van der Waals surface area contributed by atoms with Crippen molar-refractivity contribution in [3.63, 3.8) is 0 Å². The number of fused-ring (bicyclic) bond motifs is 6. The number of nitrogens with zero attached hydrogens (tertiary/aromatic N) is 3. The van der Waals surface area contributed by atoms with Crippen molar-refractivity contribution in [1.29, 1.82) is 5.26 Å². The molecule has 0 amide bonds. The van der Waals surface area contributed by atoms with Gasteiger partial charge in [0.2, 0.25) is 0 Å². The third-order valence-corrected chi connectivity index (χ3v) is 17.0. The molecule has 0 N–H and O–H groups in total. The van der Waals surface area contributed by atoms with E-state index in [1.165, 1.54) is 34.4 Å². The average molecular weight is 1060 g/mol. The smallest absolute Gasteiger partial charge is 0.308 e. The molecule has 12 aromatic rings. The average Bonchev–Trinajstić information content (AvgIpc) is 3.89. The largest absolute Gasteiger partial charge is 0.417 e. The monoisotopic (exact) mass is 1060 g/mol. The van der Waals surface area contributed by atoms with Gasteiger partial charge in [0.15, 0.2) is 0 Å². The minimum Gasteiger partial charge on any atom is -0.308 e. The highest BCUT2D eigenvalue weighted by Crippen LogP contribution is 2.47. The van der Waals surface area contributed by atoms with Gasteiger partial charge in [-0.2, -0.15) is 18.4 Å². The highest BCUT2D eigenvalue weighted by molar-refractivity contribution is 6.14. The summed E-state index contributed by atoms with van der Waals surface area (Å²) in [5.41, 5.74) is 27.0. The maximum atomic E-state index is 15.8. The van der Waals surface area contributed by atoms with E-state index in [2.05, 4.69) is 220 Å². The lowest BCUT2D eigenvalue weighted by molar-refractivity contribution is -0.137. The van der Waals surface area contributed by atoms with E-state index in [4.69, 9.17) is 0 Å². The van der Waals surface area contributed by atoms with E-state index in [-0.39, 0.29) is 5.56 Å². The second-order valence-electron chi connectivity index (χ2n) is 23.2. The Kier molecular flexibility index (Phi) is 12.6. The molecule has 12 rings (SSSR count). The summed E-state index contributed by atoms with van der Waals surface area (Å²) in [5.74, 6) is 0. The maximum absolute atomic E-state index is 15.8. The van der Waals surface area contributed by atoms with Crippen LogP contribution in [-0.2, 0) is 6.18 Å². The zero-order chi connectivity index (χ0) is 57.2. The molecule has 0 aliphatic rings. The second-order valence-corrected chi connectivity index (χ2v) is 23.2. The summed E-state index contributed by atoms with van der Waals surface area (Å²) in [4.78, 5) is 0. The molecule has 10 aromatic carbocycles. The summed E-state index contributed by atoms with van der Waals surface area (Å²) in [6.45, 7) is 27.3. The Morgan fingerprint density at radius 3 is 0.864 bits per heavy atom. The molecule has 0 saturated heterocycles. The number of aryl methyl sites for hydroxylation is 13. The number of hydrogen-bond donors (Lipinski definition) is 0. The molecular weight excluding hydrogens is 1000 g/mol. The molecule has 0 unspecified atom stereocenters. The van der Waals surface area contributed by atoms with E-state index in [0.717, 1.165) is 133 Å². The van der Waals surface area contributed by atoms with E-state index in [9.17, 15) is 5.26 Å². The van der Waals surface area contributed by atoms with Crippen molar-refractivity contribution in [2.75, 3.05) is 0 Å². The Hall–Kier alpha value is -8.92. The number of benzene rings is 10. The van der Waals surface area contributed by atoms with Gasteiger partial charge in [-0.05, 0) is 238 Å². The van der Waals surface area contributed by atoms with Gasteiger partial charge in [-0.3, -0.25) is 0 Å². The van der Waals surface area contributed by atoms with Crippen molar-refractivity contribution < 1.29 is 13.2 Å². The van der Waals surface area contributed by atoms with Crippen molar-refractivity contribution >= 4 is 43.6 Å². The van der Waals surface area contributed by atoms with Crippen molar-refractivity contribution in [2.24, 2.45) is 0 Å². The van der Waals surface area contributed by atoms with Gasteiger partial charge in [0.05, 0.1) is 39.0 Å². The van der Waals surface area contributed by atoms with E-state index >= 15 is 13.2 Å². The van der Waals surface area contributed by atoms with Crippen molar-refractivity contribution in [1.82, 2.24) is 9.13 Å². The molecule has 400 valence electrons. The first-order valence-electron chi connectivity index (χ1n) is 27.9. The zero-order valence-electron chi connectivity index (χ0n) is 48.4. The van der Waals surface area contributed by atoms with E-state index in [1.54, 1.807) is 13.0 Å².